The fourth-order valence-electron chi connectivity index (χ4n) is 2.44. The van der Waals surface area contributed by atoms with E-state index in [1.54, 1.807) is 21.3 Å². The van der Waals surface area contributed by atoms with E-state index in [1.165, 1.54) is 5.69 Å². The van der Waals surface area contributed by atoms with Crippen molar-refractivity contribution < 1.29 is 78.6 Å². The summed E-state index contributed by atoms with van der Waals surface area (Å²) in [5, 5.41) is -14.0. The molecule has 1 aromatic rings. The van der Waals surface area contributed by atoms with Crippen molar-refractivity contribution in [3.63, 3.8) is 0 Å². The molecule has 22 heteroatoms. The summed E-state index contributed by atoms with van der Waals surface area (Å²) in [5.74, 6) is 0.613. The average Bonchev–Trinajstić information content (AvgIpc) is 2.76. The van der Waals surface area contributed by atoms with E-state index in [-0.39, 0.29) is 0 Å². The number of hydrogen-bond donors (Lipinski definition) is 0. The number of alkyl halides is 10. The number of nitrogens with zero attached hydrogens (tertiary/aromatic N) is 2. The van der Waals surface area contributed by atoms with Crippen LogP contribution in [0.2, 0.25) is 0 Å². The second kappa shape index (κ2) is 12.9. The summed E-state index contributed by atoms with van der Waals surface area (Å²) < 4.78 is 180. The molecule has 1 rings (SSSR count). The van der Waals surface area contributed by atoms with Crippen LogP contribution in [0.3, 0.4) is 0 Å². The molecule has 0 amide bonds. The standard InChI is InChI=1S/C13H24NO3Si.C4F10NO4S2/c1-12(2)10-13-8-6-7-9-14(13)11-18(15-3,16-4)17-5;5-1(6,7)3(11,12)20(16,17)15-21(18,19)4(13,14)2(8,9)10/h6-9,12H,10-11H2,1-5H3;/q+1;-1. The van der Waals surface area contributed by atoms with Gasteiger partial charge in [-0.3, -0.25) is 0 Å². The van der Waals surface area contributed by atoms with Crippen molar-refractivity contribution in [3.05, 3.63) is 34.2 Å². The van der Waals surface area contributed by atoms with E-state index < -0.39 is 51.7 Å². The molecule has 0 bridgehead atoms. The minimum absolute atomic E-state index is 0.422. The van der Waals surface area contributed by atoms with Crippen molar-refractivity contribution in [2.75, 3.05) is 21.3 Å². The molecule has 0 aromatic carbocycles. The molecule has 0 aliphatic rings. The van der Waals surface area contributed by atoms with Gasteiger partial charge in [-0.2, -0.15) is 48.5 Å². The van der Waals surface area contributed by atoms with Gasteiger partial charge in [-0.15, -0.1) is 0 Å². The molecule has 1 aromatic heterocycles. The highest BCUT2D eigenvalue weighted by Gasteiger charge is 2.68. The molecular weight excluding hydrogens is 626 g/mol. The zero-order valence-corrected chi connectivity index (χ0v) is 23.3. The molecule has 0 saturated heterocycles. The molecule has 0 unspecified atom stereocenters. The fourth-order valence-corrected chi connectivity index (χ4v) is 6.42. The van der Waals surface area contributed by atoms with Crippen LogP contribution in [0.4, 0.5) is 43.9 Å². The van der Waals surface area contributed by atoms with Crippen molar-refractivity contribution in [2.24, 2.45) is 5.92 Å². The third-order valence-electron chi connectivity index (χ3n) is 4.45. The van der Waals surface area contributed by atoms with Crippen LogP contribution in [0, 0.1) is 5.92 Å². The first-order valence-electron chi connectivity index (χ1n) is 10.0. The lowest BCUT2D eigenvalue weighted by Crippen LogP contribution is -2.57. The van der Waals surface area contributed by atoms with Crippen molar-refractivity contribution in [1.29, 1.82) is 0 Å². The van der Waals surface area contributed by atoms with Gasteiger partial charge in [0.25, 0.3) is 0 Å². The predicted molar refractivity (Wildman–Crippen MR) is 115 cm³/mol. The van der Waals surface area contributed by atoms with Gasteiger partial charge in [-0.1, -0.05) is 19.9 Å². The number of pyridine rings is 1. The first-order chi connectivity index (χ1) is 17.3. The number of rotatable bonds is 11. The van der Waals surface area contributed by atoms with Crippen molar-refractivity contribution in [1.82, 2.24) is 0 Å². The van der Waals surface area contributed by atoms with Crippen LogP contribution in [0.15, 0.2) is 24.4 Å². The average molecular weight is 651 g/mol. The van der Waals surface area contributed by atoms with Crippen molar-refractivity contribution in [2.45, 2.75) is 49.3 Å². The summed E-state index contributed by atoms with van der Waals surface area (Å²) >= 11 is 0. The number of sulfonamides is 2. The van der Waals surface area contributed by atoms with Crippen molar-refractivity contribution >= 4 is 28.9 Å². The van der Waals surface area contributed by atoms with E-state index in [9.17, 15) is 60.7 Å². The highest BCUT2D eigenvalue weighted by atomic mass is 32.3. The lowest BCUT2D eigenvalue weighted by atomic mass is 10.1. The fraction of sp³-hybridized carbons (Fsp3) is 0.706. The van der Waals surface area contributed by atoms with Crippen molar-refractivity contribution in [3.8, 4) is 0 Å². The Hall–Kier alpha value is -1.59. The zero-order chi connectivity index (χ0) is 31.3. The molecule has 0 aliphatic carbocycles. The predicted octanol–water partition coefficient (Wildman–Crippen LogP) is 3.92. The zero-order valence-electron chi connectivity index (χ0n) is 20.6. The molecule has 0 N–H and O–H groups in total. The van der Waals surface area contributed by atoms with E-state index >= 15 is 0 Å². The van der Waals surface area contributed by atoms with Crippen LogP contribution in [0.1, 0.15) is 19.5 Å². The summed E-state index contributed by atoms with van der Waals surface area (Å²) in [4.78, 5) is 0. The van der Waals surface area contributed by atoms with Gasteiger partial charge < -0.3 is 17.4 Å². The van der Waals surface area contributed by atoms with E-state index in [0.29, 0.717) is 16.2 Å². The van der Waals surface area contributed by atoms with Crippen LogP contribution in [0.25, 0.3) is 4.13 Å². The Bertz CT molecular complexity index is 1090. The van der Waals surface area contributed by atoms with E-state index in [1.807, 2.05) is 6.07 Å². The van der Waals surface area contributed by atoms with E-state index in [2.05, 4.69) is 36.7 Å². The Labute approximate surface area is 218 Å². The summed E-state index contributed by atoms with van der Waals surface area (Å²) in [6.07, 6.45) is -10.3. The molecule has 39 heavy (non-hydrogen) atoms. The Morgan fingerprint density at radius 1 is 0.795 bits per heavy atom. The van der Waals surface area contributed by atoms with Gasteiger partial charge in [0.1, 0.15) is 0 Å². The first-order valence-corrected chi connectivity index (χ1v) is 14.8. The molecule has 0 radical (unpaired) electrons. The lowest BCUT2D eigenvalue weighted by molar-refractivity contribution is -0.692. The third-order valence-corrected chi connectivity index (χ3v) is 10.4. The molecule has 9 nitrogen and oxygen atoms in total. The van der Waals surface area contributed by atoms with Gasteiger partial charge in [0.05, 0.1) is 0 Å². The number of hydrogen-bond acceptors (Lipinski definition) is 7. The monoisotopic (exact) mass is 650 g/mol. The lowest BCUT2D eigenvalue weighted by Gasteiger charge is -2.31. The molecule has 0 atom stereocenters. The van der Waals surface area contributed by atoms with Gasteiger partial charge in [-0.25, -0.2) is 16.8 Å². The Kier molecular flexibility index (Phi) is 12.4. The summed E-state index contributed by atoms with van der Waals surface area (Å²) in [6.45, 7) is 4.43. The first kappa shape index (κ1) is 37.4. The summed E-state index contributed by atoms with van der Waals surface area (Å²) in [6, 6.07) is 6.22. The maximum Gasteiger partial charge on any atom is 0.569 e. The molecule has 230 valence electrons. The Morgan fingerprint density at radius 2 is 1.18 bits per heavy atom. The van der Waals surface area contributed by atoms with Gasteiger partial charge in [-0.05, 0) is 5.92 Å². The Morgan fingerprint density at radius 3 is 1.49 bits per heavy atom. The minimum atomic E-state index is -7.62. The molecule has 0 saturated carbocycles. The highest BCUT2D eigenvalue weighted by molar-refractivity contribution is 8.13. The largest absolute Gasteiger partial charge is 0.569 e. The second-order valence-corrected chi connectivity index (χ2v) is 14.2. The normalized spacial score (nSPS) is 14.3. The van der Waals surface area contributed by atoms with E-state index in [4.69, 9.17) is 13.3 Å². The second-order valence-electron chi connectivity index (χ2n) is 7.77. The number of aromatic nitrogens is 1. The van der Waals surface area contributed by atoms with Gasteiger partial charge in [0.2, 0.25) is 6.17 Å². The van der Waals surface area contributed by atoms with Gasteiger partial charge >= 0.3 is 31.7 Å². The third kappa shape index (κ3) is 8.95. The SMILES string of the molecule is CO[Si](C[n+]1ccccc1CC(C)C)(OC)OC.O=S(=O)([N-]S(=O)(=O)C(F)(F)C(F)(F)F)C(F)(F)C(F)(F)F. The molecule has 0 fully saturated rings. The Balaban J connectivity index is 0.000000748. The maximum absolute atomic E-state index is 12.3. The number of halogens is 10. The van der Waals surface area contributed by atoms with E-state index in [0.717, 1.165) is 6.42 Å². The summed E-state index contributed by atoms with van der Waals surface area (Å²) in [7, 11) is -12.9. The minimum Gasteiger partial charge on any atom is -0.425 e. The molecular formula is C17H24F10N2O7S2Si. The van der Waals surface area contributed by atoms with Crippen LogP contribution in [-0.2, 0) is 45.9 Å². The van der Waals surface area contributed by atoms with Gasteiger partial charge in [0.15, 0.2) is 31.9 Å². The summed E-state index contributed by atoms with van der Waals surface area (Å²) in [5.41, 5.74) is 1.27. The molecule has 0 aliphatic heterocycles. The quantitative estimate of drug-likeness (QED) is 0.203. The van der Waals surface area contributed by atoms with Gasteiger partial charge in [0, 0.05) is 39.9 Å². The van der Waals surface area contributed by atoms with Crippen LogP contribution >= 0.6 is 0 Å². The van der Waals surface area contributed by atoms with Crippen LogP contribution in [0.5, 0.6) is 0 Å². The van der Waals surface area contributed by atoms with Crippen LogP contribution < -0.4 is 4.57 Å². The molecule has 1 heterocycles. The maximum atomic E-state index is 12.3. The van der Waals surface area contributed by atoms with Crippen LogP contribution in [-0.4, -0.2) is 69.8 Å². The smallest absolute Gasteiger partial charge is 0.425 e. The molecule has 0 spiro atoms. The highest BCUT2D eigenvalue weighted by Crippen LogP contribution is 2.47. The topological polar surface area (TPSA) is 114 Å².